The van der Waals surface area contributed by atoms with Crippen molar-refractivity contribution in [2.75, 3.05) is 0 Å². The largest absolute Gasteiger partial charge is 0.320 e. The molecule has 0 fully saturated rings. The molecule has 0 saturated heterocycles. The van der Waals surface area contributed by atoms with Crippen molar-refractivity contribution in [3.63, 3.8) is 0 Å². The smallest absolute Gasteiger partial charge is 0.113 e. The van der Waals surface area contributed by atoms with E-state index in [1.165, 1.54) is 4.88 Å². The number of nitrogens with zero attached hydrogens (tertiary/aromatic N) is 1. The van der Waals surface area contributed by atoms with Crippen LogP contribution in [-0.2, 0) is 5.54 Å². The molecule has 2 heterocycles. The maximum absolute atomic E-state index is 6.00. The molecule has 2 nitrogen and oxygen atoms in total. The second-order valence-corrected chi connectivity index (χ2v) is 7.18. The summed E-state index contributed by atoms with van der Waals surface area (Å²) >= 11 is 6.75. The van der Waals surface area contributed by atoms with Gasteiger partial charge in [-0.1, -0.05) is 0 Å². The Hall–Kier alpha value is -0.230. The van der Waals surface area contributed by atoms with E-state index in [-0.39, 0.29) is 5.54 Å². The molecule has 0 saturated carbocycles. The molecule has 80 valence electrons. The summed E-state index contributed by atoms with van der Waals surface area (Å²) in [6, 6.07) is 4.10. The number of thiazole rings is 1. The quantitative estimate of drug-likeness (QED) is 0.916. The van der Waals surface area contributed by atoms with Gasteiger partial charge in [0.2, 0.25) is 0 Å². The number of rotatable bonds is 2. The Bertz CT molecular complexity index is 468. The molecular weight excluding hydrogens is 292 g/mol. The molecule has 0 bridgehead atoms. The zero-order valence-electron chi connectivity index (χ0n) is 8.45. The molecule has 0 aliphatic rings. The molecule has 0 aromatic carbocycles. The van der Waals surface area contributed by atoms with Crippen molar-refractivity contribution >= 4 is 38.6 Å². The lowest BCUT2D eigenvalue weighted by Crippen LogP contribution is -2.28. The highest BCUT2D eigenvalue weighted by atomic mass is 79.9. The maximum atomic E-state index is 6.00. The topological polar surface area (TPSA) is 38.9 Å². The van der Waals surface area contributed by atoms with E-state index in [0.717, 1.165) is 14.5 Å². The van der Waals surface area contributed by atoms with E-state index in [9.17, 15) is 0 Å². The van der Waals surface area contributed by atoms with Gasteiger partial charge in [-0.3, -0.25) is 0 Å². The van der Waals surface area contributed by atoms with Crippen LogP contribution in [0.5, 0.6) is 0 Å². The van der Waals surface area contributed by atoms with Crippen LogP contribution in [0.4, 0.5) is 0 Å². The van der Waals surface area contributed by atoms with Crippen LogP contribution < -0.4 is 5.73 Å². The van der Waals surface area contributed by atoms with Crippen LogP contribution in [0.3, 0.4) is 0 Å². The second kappa shape index (κ2) is 3.97. The third-order valence-corrected chi connectivity index (χ3v) is 4.71. The first-order valence-electron chi connectivity index (χ1n) is 4.47. The lowest BCUT2D eigenvalue weighted by molar-refractivity contribution is 0.551. The van der Waals surface area contributed by atoms with Crippen LogP contribution in [-0.4, -0.2) is 4.98 Å². The van der Waals surface area contributed by atoms with E-state index in [0.29, 0.717) is 0 Å². The van der Waals surface area contributed by atoms with Crippen LogP contribution in [0.1, 0.15) is 18.9 Å². The molecule has 2 aromatic heterocycles. The van der Waals surface area contributed by atoms with Gasteiger partial charge in [-0.05, 0) is 41.9 Å². The average Bonchev–Trinajstić information content (AvgIpc) is 2.69. The third-order valence-electron chi connectivity index (χ3n) is 1.88. The lowest BCUT2D eigenvalue weighted by Gasteiger charge is -2.13. The molecule has 2 aromatic rings. The maximum Gasteiger partial charge on any atom is 0.113 e. The molecule has 0 spiro atoms. The number of thiophene rings is 1. The predicted octanol–water partition coefficient (Wildman–Crippen LogP) is 3.83. The first-order valence-corrected chi connectivity index (χ1v) is 6.96. The van der Waals surface area contributed by atoms with Crippen LogP contribution in [0.2, 0.25) is 0 Å². The van der Waals surface area contributed by atoms with Crippen molar-refractivity contribution in [1.29, 1.82) is 0 Å². The van der Waals surface area contributed by atoms with Crippen molar-refractivity contribution in [3.05, 3.63) is 26.3 Å². The average molecular weight is 303 g/mol. The van der Waals surface area contributed by atoms with Gasteiger partial charge in [0.05, 0.1) is 19.9 Å². The van der Waals surface area contributed by atoms with E-state index in [1.807, 2.05) is 19.9 Å². The Morgan fingerprint density at radius 1 is 1.40 bits per heavy atom. The minimum atomic E-state index is -0.350. The molecule has 0 atom stereocenters. The van der Waals surface area contributed by atoms with Crippen LogP contribution in [0, 0.1) is 0 Å². The van der Waals surface area contributed by atoms with Crippen LogP contribution in [0.25, 0.3) is 10.6 Å². The molecule has 15 heavy (non-hydrogen) atoms. The van der Waals surface area contributed by atoms with Crippen molar-refractivity contribution in [3.8, 4) is 10.6 Å². The number of aromatic nitrogens is 1. The van der Waals surface area contributed by atoms with E-state index < -0.39 is 0 Å². The third kappa shape index (κ3) is 2.47. The SMILES string of the molecule is CC(C)(N)c1nc(-c2ccc(Br)s2)cs1. The van der Waals surface area contributed by atoms with Crippen LogP contribution in [0.15, 0.2) is 21.3 Å². The fourth-order valence-corrected chi connectivity index (χ4v) is 3.41. The molecule has 0 amide bonds. The minimum absolute atomic E-state index is 0.350. The fourth-order valence-electron chi connectivity index (χ4n) is 1.13. The van der Waals surface area contributed by atoms with Crippen molar-refractivity contribution < 1.29 is 0 Å². The Morgan fingerprint density at radius 2 is 2.13 bits per heavy atom. The highest BCUT2D eigenvalue weighted by Crippen LogP contribution is 2.33. The van der Waals surface area contributed by atoms with Gasteiger partial charge in [0.15, 0.2) is 0 Å². The van der Waals surface area contributed by atoms with Gasteiger partial charge in [-0.25, -0.2) is 4.98 Å². The summed E-state index contributed by atoms with van der Waals surface area (Å²) in [4.78, 5) is 5.72. The van der Waals surface area contributed by atoms with E-state index in [2.05, 4.69) is 32.4 Å². The van der Waals surface area contributed by atoms with Gasteiger partial charge in [-0.15, -0.1) is 22.7 Å². The Morgan fingerprint density at radius 3 is 2.60 bits per heavy atom. The molecular formula is C10H11BrN2S2. The van der Waals surface area contributed by atoms with Crippen molar-refractivity contribution in [2.24, 2.45) is 5.73 Å². The summed E-state index contributed by atoms with van der Waals surface area (Å²) in [5, 5.41) is 3.03. The monoisotopic (exact) mass is 302 g/mol. The molecule has 0 radical (unpaired) electrons. The minimum Gasteiger partial charge on any atom is -0.320 e. The van der Waals surface area contributed by atoms with E-state index in [4.69, 9.17) is 5.73 Å². The van der Waals surface area contributed by atoms with Gasteiger partial charge in [0.1, 0.15) is 5.01 Å². The van der Waals surface area contributed by atoms with Gasteiger partial charge < -0.3 is 5.73 Å². The summed E-state index contributed by atoms with van der Waals surface area (Å²) in [7, 11) is 0. The highest BCUT2D eigenvalue weighted by molar-refractivity contribution is 9.11. The number of hydrogen-bond donors (Lipinski definition) is 1. The molecule has 0 aliphatic heterocycles. The normalized spacial score (nSPS) is 12.0. The molecule has 2 N–H and O–H groups in total. The Labute approximate surface area is 105 Å². The number of hydrogen-bond acceptors (Lipinski definition) is 4. The van der Waals surface area contributed by atoms with Gasteiger partial charge in [0, 0.05) is 5.38 Å². The van der Waals surface area contributed by atoms with Crippen molar-refractivity contribution in [1.82, 2.24) is 4.98 Å². The first kappa shape index (κ1) is 11.3. The number of nitrogens with two attached hydrogens (primary N) is 1. The Kier molecular flexibility index (Phi) is 2.98. The standard InChI is InChI=1S/C10H11BrN2S2/c1-10(2,12)9-13-6(5-14-9)7-3-4-8(11)15-7/h3-5H,12H2,1-2H3. The van der Waals surface area contributed by atoms with E-state index in [1.54, 1.807) is 22.7 Å². The highest BCUT2D eigenvalue weighted by Gasteiger charge is 2.19. The summed E-state index contributed by atoms with van der Waals surface area (Å²) in [6.45, 7) is 3.94. The summed E-state index contributed by atoms with van der Waals surface area (Å²) in [6.07, 6.45) is 0. The first-order chi connectivity index (χ1) is 6.97. The summed E-state index contributed by atoms with van der Waals surface area (Å²) in [5.74, 6) is 0. The molecule has 2 rings (SSSR count). The summed E-state index contributed by atoms with van der Waals surface area (Å²) < 4.78 is 1.12. The summed E-state index contributed by atoms with van der Waals surface area (Å²) in [5.41, 5.74) is 6.66. The zero-order valence-corrected chi connectivity index (χ0v) is 11.7. The van der Waals surface area contributed by atoms with Gasteiger partial charge in [-0.2, -0.15) is 0 Å². The van der Waals surface area contributed by atoms with Crippen LogP contribution >= 0.6 is 38.6 Å². The van der Waals surface area contributed by atoms with Gasteiger partial charge >= 0.3 is 0 Å². The van der Waals surface area contributed by atoms with E-state index >= 15 is 0 Å². The fraction of sp³-hybridized carbons (Fsp3) is 0.300. The van der Waals surface area contributed by atoms with Crippen molar-refractivity contribution in [2.45, 2.75) is 19.4 Å². The number of halogens is 1. The van der Waals surface area contributed by atoms with Gasteiger partial charge in [0.25, 0.3) is 0 Å². The molecule has 5 heteroatoms. The molecule has 0 aliphatic carbocycles. The lowest BCUT2D eigenvalue weighted by atomic mass is 10.1. The Balaban J connectivity index is 2.36. The second-order valence-electron chi connectivity index (χ2n) is 3.86. The zero-order chi connectivity index (χ0) is 11.1. The molecule has 0 unspecified atom stereocenters. The predicted molar refractivity (Wildman–Crippen MR) is 70.3 cm³/mol.